The van der Waals surface area contributed by atoms with Crippen LogP contribution in [-0.4, -0.2) is 29.7 Å². The fourth-order valence-electron chi connectivity index (χ4n) is 3.41. The van der Waals surface area contributed by atoms with Crippen LogP contribution in [0.3, 0.4) is 0 Å². The number of nitrogens with zero attached hydrogens (tertiary/aromatic N) is 2. The molecule has 4 heteroatoms. The Kier molecular flexibility index (Phi) is 3.01. The summed E-state index contributed by atoms with van der Waals surface area (Å²) in [6, 6.07) is 10.2. The van der Waals surface area contributed by atoms with Crippen LogP contribution in [-0.2, 0) is 16.8 Å². The first kappa shape index (κ1) is 12.9. The van der Waals surface area contributed by atoms with E-state index in [-0.39, 0.29) is 5.41 Å². The first-order valence-electron chi connectivity index (χ1n) is 7.50. The van der Waals surface area contributed by atoms with Crippen LogP contribution < -0.4 is 5.32 Å². The Morgan fingerprint density at radius 2 is 2.05 bits per heavy atom. The number of hydrogen-bond donors (Lipinski definition) is 1. The fourth-order valence-corrected chi connectivity index (χ4v) is 3.41. The van der Waals surface area contributed by atoms with Crippen LogP contribution in [0.5, 0.6) is 0 Å². The molecule has 0 radical (unpaired) electrons. The maximum Gasteiger partial charge on any atom is 0.159 e. The summed E-state index contributed by atoms with van der Waals surface area (Å²) in [5.41, 5.74) is 4.54. The molecule has 4 rings (SSSR count). The Morgan fingerprint density at radius 1 is 1.19 bits per heavy atom. The molecular weight excluding hydrogens is 262 g/mol. The van der Waals surface area contributed by atoms with Gasteiger partial charge in [-0.25, -0.2) is 9.97 Å². The summed E-state index contributed by atoms with van der Waals surface area (Å²) in [6.45, 7) is 5.45. The number of fused-ring (bicyclic) bond motifs is 2. The monoisotopic (exact) mass is 281 g/mol. The zero-order valence-corrected chi connectivity index (χ0v) is 12.2. The highest BCUT2D eigenvalue weighted by Crippen LogP contribution is 2.37. The van der Waals surface area contributed by atoms with Crippen LogP contribution in [0.15, 0.2) is 30.3 Å². The molecule has 1 spiro atoms. The van der Waals surface area contributed by atoms with Crippen molar-refractivity contribution in [2.75, 3.05) is 19.7 Å². The second kappa shape index (κ2) is 4.90. The lowest BCUT2D eigenvalue weighted by atomic mass is 9.80. The Morgan fingerprint density at radius 3 is 2.81 bits per heavy atom. The van der Waals surface area contributed by atoms with Gasteiger partial charge in [0, 0.05) is 23.4 Å². The van der Waals surface area contributed by atoms with E-state index >= 15 is 0 Å². The Labute approximate surface area is 124 Å². The van der Waals surface area contributed by atoms with E-state index in [2.05, 4.69) is 24.4 Å². The van der Waals surface area contributed by atoms with Crippen molar-refractivity contribution in [2.45, 2.75) is 25.4 Å². The molecule has 0 amide bonds. The number of ether oxygens (including phenoxy) is 1. The van der Waals surface area contributed by atoms with E-state index in [9.17, 15) is 0 Å². The maximum absolute atomic E-state index is 5.84. The van der Waals surface area contributed by atoms with Gasteiger partial charge in [-0.3, -0.25) is 0 Å². The van der Waals surface area contributed by atoms with Crippen molar-refractivity contribution in [2.24, 2.45) is 0 Å². The topological polar surface area (TPSA) is 47.0 Å². The molecule has 1 aromatic heterocycles. The van der Waals surface area contributed by atoms with Crippen molar-refractivity contribution in [1.82, 2.24) is 15.3 Å². The van der Waals surface area contributed by atoms with Crippen LogP contribution in [0.1, 0.15) is 23.4 Å². The quantitative estimate of drug-likeness (QED) is 0.870. The van der Waals surface area contributed by atoms with Gasteiger partial charge < -0.3 is 10.1 Å². The molecule has 0 bridgehead atoms. The number of aryl methyl sites for hydroxylation is 1. The van der Waals surface area contributed by atoms with Crippen molar-refractivity contribution in [1.29, 1.82) is 0 Å². The van der Waals surface area contributed by atoms with Gasteiger partial charge in [-0.1, -0.05) is 30.3 Å². The summed E-state index contributed by atoms with van der Waals surface area (Å²) in [6.07, 6.45) is 1.09. The molecule has 1 unspecified atom stereocenters. The van der Waals surface area contributed by atoms with Gasteiger partial charge in [-0.2, -0.15) is 0 Å². The van der Waals surface area contributed by atoms with Gasteiger partial charge >= 0.3 is 0 Å². The van der Waals surface area contributed by atoms with Gasteiger partial charge in [-0.15, -0.1) is 0 Å². The summed E-state index contributed by atoms with van der Waals surface area (Å²) in [5, 5.41) is 3.46. The summed E-state index contributed by atoms with van der Waals surface area (Å²) < 4.78 is 5.84. The van der Waals surface area contributed by atoms with Gasteiger partial charge in [0.05, 0.1) is 24.3 Å². The highest BCUT2D eigenvalue weighted by atomic mass is 16.5. The van der Waals surface area contributed by atoms with Gasteiger partial charge in [0.2, 0.25) is 0 Å². The molecular formula is C17H19N3O. The minimum absolute atomic E-state index is 0.0326. The molecule has 108 valence electrons. The van der Waals surface area contributed by atoms with Crippen LogP contribution in [0.2, 0.25) is 0 Å². The average Bonchev–Trinajstić information content (AvgIpc) is 2.98. The lowest BCUT2D eigenvalue weighted by molar-refractivity contribution is 0.0546. The average molecular weight is 281 g/mol. The largest absolute Gasteiger partial charge is 0.376 e. The van der Waals surface area contributed by atoms with E-state index in [4.69, 9.17) is 14.7 Å². The van der Waals surface area contributed by atoms with E-state index in [0.29, 0.717) is 6.61 Å². The van der Waals surface area contributed by atoms with E-state index in [1.807, 2.05) is 18.2 Å². The van der Waals surface area contributed by atoms with Gasteiger partial charge in [0.25, 0.3) is 0 Å². The van der Waals surface area contributed by atoms with Crippen LogP contribution >= 0.6 is 0 Å². The molecule has 2 aromatic rings. The molecule has 4 nitrogen and oxygen atoms in total. The van der Waals surface area contributed by atoms with E-state index < -0.39 is 0 Å². The molecule has 2 aliphatic heterocycles. The van der Waals surface area contributed by atoms with Crippen molar-refractivity contribution >= 4 is 0 Å². The molecule has 0 aliphatic carbocycles. The molecule has 3 heterocycles. The van der Waals surface area contributed by atoms with Crippen LogP contribution in [0.4, 0.5) is 0 Å². The zero-order valence-electron chi connectivity index (χ0n) is 12.2. The summed E-state index contributed by atoms with van der Waals surface area (Å²) in [5.74, 6) is 0.833. The second-order valence-corrected chi connectivity index (χ2v) is 6.03. The maximum atomic E-state index is 5.84. The number of aromatic nitrogens is 2. The zero-order chi connectivity index (χ0) is 14.3. The molecule has 1 atom stereocenters. The minimum atomic E-state index is 0.0326. The molecule has 2 aliphatic rings. The van der Waals surface area contributed by atoms with Gasteiger partial charge in [0.15, 0.2) is 5.82 Å². The highest BCUT2D eigenvalue weighted by Gasteiger charge is 2.42. The number of rotatable bonds is 1. The minimum Gasteiger partial charge on any atom is -0.376 e. The lowest BCUT2D eigenvalue weighted by Crippen LogP contribution is -2.40. The van der Waals surface area contributed by atoms with Gasteiger partial charge in [-0.05, 0) is 19.9 Å². The highest BCUT2D eigenvalue weighted by molar-refractivity contribution is 5.56. The summed E-state index contributed by atoms with van der Waals surface area (Å²) in [7, 11) is 0. The Hall–Kier alpha value is -1.78. The molecule has 0 saturated carbocycles. The molecule has 1 N–H and O–H groups in total. The van der Waals surface area contributed by atoms with Gasteiger partial charge in [0.1, 0.15) is 0 Å². The van der Waals surface area contributed by atoms with Crippen molar-refractivity contribution in [3.63, 3.8) is 0 Å². The van der Waals surface area contributed by atoms with Crippen LogP contribution in [0.25, 0.3) is 11.4 Å². The fraction of sp³-hybridized carbons (Fsp3) is 0.412. The third-order valence-corrected chi connectivity index (χ3v) is 4.62. The summed E-state index contributed by atoms with van der Waals surface area (Å²) >= 11 is 0. The lowest BCUT2D eigenvalue weighted by Gasteiger charge is -2.34. The smallest absolute Gasteiger partial charge is 0.159 e. The molecule has 1 saturated heterocycles. The number of hydrogen-bond acceptors (Lipinski definition) is 4. The third-order valence-electron chi connectivity index (χ3n) is 4.62. The van der Waals surface area contributed by atoms with E-state index in [1.165, 1.54) is 11.3 Å². The van der Waals surface area contributed by atoms with Crippen molar-refractivity contribution in [3.05, 3.63) is 47.3 Å². The third kappa shape index (κ3) is 2.06. The van der Waals surface area contributed by atoms with E-state index in [0.717, 1.165) is 43.2 Å². The standard InChI is InChI=1S/C17H19N3O/c1-12-14-9-21-11-17(7-8-18-10-17)15(14)20-16(19-12)13-5-3-2-4-6-13/h2-6,18H,7-11H2,1H3. The SMILES string of the molecule is Cc1nc(-c2ccccc2)nc2c1COCC21CCNC1. The molecule has 21 heavy (non-hydrogen) atoms. The van der Waals surface area contributed by atoms with Crippen molar-refractivity contribution < 1.29 is 4.74 Å². The van der Waals surface area contributed by atoms with E-state index in [1.54, 1.807) is 0 Å². The Bertz CT molecular complexity index is 663. The predicted molar refractivity (Wildman–Crippen MR) is 81.0 cm³/mol. The number of benzene rings is 1. The first-order valence-corrected chi connectivity index (χ1v) is 7.50. The predicted octanol–water partition coefficient (Wildman–Crippen LogP) is 2.21. The molecule has 1 fully saturated rings. The molecule has 1 aromatic carbocycles. The normalized spacial score (nSPS) is 24.2. The van der Waals surface area contributed by atoms with Crippen molar-refractivity contribution in [3.8, 4) is 11.4 Å². The number of nitrogens with one attached hydrogen (secondary N) is 1. The van der Waals surface area contributed by atoms with Crippen LogP contribution in [0, 0.1) is 6.92 Å². The second-order valence-electron chi connectivity index (χ2n) is 6.03. The summed E-state index contributed by atoms with van der Waals surface area (Å²) in [4.78, 5) is 9.65. The first-order chi connectivity index (χ1) is 10.3. The Balaban J connectivity index is 1.89.